The molecule has 15 heavy (non-hydrogen) atoms. The molecule has 0 amide bonds. The minimum absolute atomic E-state index is 0.266. The molecule has 0 aliphatic rings. The maximum atomic E-state index is 11.7. The van der Waals surface area contributed by atoms with E-state index in [0.29, 0.717) is 5.69 Å². The summed E-state index contributed by atoms with van der Waals surface area (Å²) in [5.41, 5.74) is 0.393. The molecule has 7 heteroatoms. The molecule has 2 aromatic rings. The van der Waals surface area contributed by atoms with E-state index in [0.717, 1.165) is 0 Å². The SMILES string of the molecule is Cc1cn2nncc2c(=O)n1CC(=O)O. The Kier molecular flexibility index (Phi) is 2.00. The van der Waals surface area contributed by atoms with Crippen LogP contribution in [-0.4, -0.2) is 30.5 Å². The number of aromatic nitrogens is 4. The molecule has 0 aromatic carbocycles. The highest BCUT2D eigenvalue weighted by molar-refractivity contribution is 5.66. The molecule has 0 spiro atoms. The summed E-state index contributed by atoms with van der Waals surface area (Å²) in [5.74, 6) is -1.06. The number of aryl methyl sites for hydroxylation is 1. The lowest BCUT2D eigenvalue weighted by Gasteiger charge is -2.06. The molecule has 0 bridgehead atoms. The Bertz CT molecular complexity index is 583. The van der Waals surface area contributed by atoms with Gasteiger partial charge in [0.25, 0.3) is 5.56 Å². The summed E-state index contributed by atoms with van der Waals surface area (Å²) in [6, 6.07) is 0. The lowest BCUT2D eigenvalue weighted by Crippen LogP contribution is -2.27. The van der Waals surface area contributed by atoms with Gasteiger partial charge in [-0.15, -0.1) is 5.10 Å². The van der Waals surface area contributed by atoms with Gasteiger partial charge in [-0.05, 0) is 6.92 Å². The fourth-order valence-corrected chi connectivity index (χ4v) is 1.37. The van der Waals surface area contributed by atoms with Crippen LogP contribution in [0.5, 0.6) is 0 Å². The Balaban J connectivity index is 2.72. The van der Waals surface area contributed by atoms with Crippen LogP contribution in [-0.2, 0) is 11.3 Å². The van der Waals surface area contributed by atoms with Crippen LogP contribution >= 0.6 is 0 Å². The molecular formula is C8H8N4O3. The molecule has 0 atom stereocenters. The average molecular weight is 208 g/mol. The second-order valence-corrected chi connectivity index (χ2v) is 3.12. The molecule has 78 valence electrons. The third kappa shape index (κ3) is 1.47. The van der Waals surface area contributed by atoms with Crippen LogP contribution in [0.2, 0.25) is 0 Å². The molecule has 2 rings (SSSR count). The Morgan fingerprint density at radius 3 is 3.00 bits per heavy atom. The molecular weight excluding hydrogens is 200 g/mol. The van der Waals surface area contributed by atoms with Crippen molar-refractivity contribution in [3.63, 3.8) is 0 Å². The van der Waals surface area contributed by atoms with Crippen LogP contribution in [0.4, 0.5) is 0 Å². The van der Waals surface area contributed by atoms with E-state index in [2.05, 4.69) is 10.3 Å². The standard InChI is InChI=1S/C8H8N4O3/c1-5-3-12-6(2-9-10-12)8(15)11(5)4-7(13)14/h2-3H,4H2,1H3,(H,13,14). The number of fused-ring (bicyclic) bond motifs is 1. The van der Waals surface area contributed by atoms with Crippen molar-refractivity contribution >= 4 is 11.5 Å². The third-order valence-corrected chi connectivity index (χ3v) is 2.07. The van der Waals surface area contributed by atoms with Crippen molar-refractivity contribution in [3.05, 3.63) is 28.4 Å². The second kappa shape index (κ2) is 3.19. The van der Waals surface area contributed by atoms with E-state index in [1.165, 1.54) is 15.3 Å². The summed E-state index contributed by atoms with van der Waals surface area (Å²) < 4.78 is 2.50. The van der Waals surface area contributed by atoms with Gasteiger partial charge in [-0.2, -0.15) is 0 Å². The molecule has 0 unspecified atom stereocenters. The fourth-order valence-electron chi connectivity index (χ4n) is 1.37. The summed E-state index contributed by atoms with van der Waals surface area (Å²) in [6.45, 7) is 1.29. The zero-order chi connectivity index (χ0) is 11.0. The number of carboxylic acid groups (broad SMARTS) is 1. The summed E-state index contributed by atoms with van der Waals surface area (Å²) in [5, 5.41) is 15.9. The number of hydrogen-bond donors (Lipinski definition) is 1. The highest BCUT2D eigenvalue weighted by Gasteiger charge is 2.10. The highest BCUT2D eigenvalue weighted by Crippen LogP contribution is 1.98. The van der Waals surface area contributed by atoms with Crippen molar-refractivity contribution in [3.8, 4) is 0 Å². The molecule has 0 radical (unpaired) electrons. The zero-order valence-corrected chi connectivity index (χ0v) is 7.91. The molecule has 0 saturated heterocycles. The maximum Gasteiger partial charge on any atom is 0.323 e. The third-order valence-electron chi connectivity index (χ3n) is 2.07. The smallest absolute Gasteiger partial charge is 0.323 e. The first-order valence-electron chi connectivity index (χ1n) is 4.22. The molecule has 0 fully saturated rings. The van der Waals surface area contributed by atoms with Crippen molar-refractivity contribution < 1.29 is 9.90 Å². The number of carbonyl (C=O) groups is 1. The van der Waals surface area contributed by atoms with E-state index in [1.807, 2.05) is 0 Å². The lowest BCUT2D eigenvalue weighted by molar-refractivity contribution is -0.137. The normalized spacial score (nSPS) is 10.7. The van der Waals surface area contributed by atoms with Crippen molar-refractivity contribution in [1.29, 1.82) is 0 Å². The van der Waals surface area contributed by atoms with Crippen LogP contribution in [0.15, 0.2) is 17.2 Å². The van der Waals surface area contributed by atoms with Gasteiger partial charge in [-0.3, -0.25) is 14.2 Å². The average Bonchev–Trinajstić information content (AvgIpc) is 2.59. The highest BCUT2D eigenvalue weighted by atomic mass is 16.4. The lowest BCUT2D eigenvalue weighted by atomic mass is 10.4. The fraction of sp³-hybridized carbons (Fsp3) is 0.250. The summed E-state index contributed by atoms with van der Waals surface area (Å²) >= 11 is 0. The minimum Gasteiger partial charge on any atom is -0.480 e. The molecule has 0 aliphatic carbocycles. The van der Waals surface area contributed by atoms with Gasteiger partial charge in [0.05, 0.1) is 12.4 Å². The summed E-state index contributed by atoms with van der Waals surface area (Å²) in [6.07, 6.45) is 2.87. The Morgan fingerprint density at radius 2 is 2.33 bits per heavy atom. The van der Waals surface area contributed by atoms with E-state index < -0.39 is 11.5 Å². The van der Waals surface area contributed by atoms with Crippen LogP contribution in [0.3, 0.4) is 0 Å². The second-order valence-electron chi connectivity index (χ2n) is 3.12. The van der Waals surface area contributed by atoms with E-state index >= 15 is 0 Å². The van der Waals surface area contributed by atoms with Gasteiger partial charge >= 0.3 is 5.97 Å². The largest absolute Gasteiger partial charge is 0.480 e. The van der Waals surface area contributed by atoms with Gasteiger partial charge < -0.3 is 5.11 Å². The van der Waals surface area contributed by atoms with Gasteiger partial charge in [0.15, 0.2) is 5.52 Å². The van der Waals surface area contributed by atoms with Gasteiger partial charge in [-0.25, -0.2) is 4.52 Å². The van der Waals surface area contributed by atoms with Crippen molar-refractivity contribution in [1.82, 2.24) is 19.4 Å². The number of aliphatic carboxylic acids is 1. The van der Waals surface area contributed by atoms with Gasteiger partial charge in [0.2, 0.25) is 0 Å². The predicted octanol–water partition coefficient (Wildman–Crippen LogP) is -0.716. The number of hydrogen-bond acceptors (Lipinski definition) is 4. The quantitative estimate of drug-likeness (QED) is 0.703. The van der Waals surface area contributed by atoms with Crippen molar-refractivity contribution in [2.75, 3.05) is 0 Å². The van der Waals surface area contributed by atoms with Crippen LogP contribution in [0.25, 0.3) is 5.52 Å². The molecule has 0 aliphatic heterocycles. The Morgan fingerprint density at radius 1 is 1.60 bits per heavy atom. The van der Waals surface area contributed by atoms with E-state index in [-0.39, 0.29) is 12.1 Å². The van der Waals surface area contributed by atoms with Crippen molar-refractivity contribution in [2.45, 2.75) is 13.5 Å². The first kappa shape index (κ1) is 9.38. The van der Waals surface area contributed by atoms with Crippen LogP contribution in [0, 0.1) is 6.92 Å². The molecule has 1 N–H and O–H groups in total. The predicted molar refractivity (Wildman–Crippen MR) is 49.6 cm³/mol. The number of nitrogens with zero attached hydrogens (tertiary/aromatic N) is 4. The van der Waals surface area contributed by atoms with Gasteiger partial charge in [0, 0.05) is 5.69 Å². The number of rotatable bonds is 2. The van der Waals surface area contributed by atoms with E-state index in [1.54, 1.807) is 13.1 Å². The number of carboxylic acids is 1. The molecule has 7 nitrogen and oxygen atoms in total. The summed E-state index contributed by atoms with van der Waals surface area (Å²) in [4.78, 5) is 22.3. The Hall–Kier alpha value is -2.18. The first-order chi connectivity index (χ1) is 7.09. The van der Waals surface area contributed by atoms with E-state index in [4.69, 9.17) is 5.11 Å². The summed E-state index contributed by atoms with van der Waals surface area (Å²) in [7, 11) is 0. The molecule has 2 aromatic heterocycles. The van der Waals surface area contributed by atoms with Crippen LogP contribution in [0.1, 0.15) is 5.69 Å². The molecule has 2 heterocycles. The van der Waals surface area contributed by atoms with Gasteiger partial charge in [-0.1, -0.05) is 5.21 Å². The van der Waals surface area contributed by atoms with E-state index in [9.17, 15) is 9.59 Å². The zero-order valence-electron chi connectivity index (χ0n) is 7.91. The molecule has 0 saturated carbocycles. The minimum atomic E-state index is -1.06. The topological polar surface area (TPSA) is 89.5 Å². The van der Waals surface area contributed by atoms with Crippen molar-refractivity contribution in [2.24, 2.45) is 0 Å². The van der Waals surface area contributed by atoms with Crippen LogP contribution < -0.4 is 5.56 Å². The van der Waals surface area contributed by atoms with Gasteiger partial charge in [0.1, 0.15) is 6.54 Å². The first-order valence-corrected chi connectivity index (χ1v) is 4.22. The maximum absolute atomic E-state index is 11.7. The Labute approximate surface area is 83.6 Å². The monoisotopic (exact) mass is 208 g/mol.